The van der Waals surface area contributed by atoms with E-state index in [1.807, 2.05) is 63.2 Å². The van der Waals surface area contributed by atoms with Gasteiger partial charge in [-0.05, 0) is 62.7 Å². The normalized spacial score (nSPS) is 11.3. The molecule has 1 amide bonds. The van der Waals surface area contributed by atoms with Crippen LogP contribution in [0.3, 0.4) is 0 Å². The minimum atomic E-state index is -0.624. The lowest BCUT2D eigenvalue weighted by Gasteiger charge is -2.26. The number of amides is 1. The van der Waals surface area contributed by atoms with Crippen molar-refractivity contribution in [2.75, 3.05) is 0 Å². The van der Waals surface area contributed by atoms with E-state index in [2.05, 4.69) is 10.3 Å². The Labute approximate surface area is 163 Å². The molecule has 1 aromatic heterocycles. The van der Waals surface area contributed by atoms with Gasteiger partial charge in [-0.2, -0.15) is 0 Å². The van der Waals surface area contributed by atoms with Crippen molar-refractivity contribution in [1.29, 1.82) is 0 Å². The summed E-state index contributed by atoms with van der Waals surface area (Å²) < 4.78 is 13.5. The lowest BCUT2D eigenvalue weighted by molar-refractivity contribution is 0.0906. The van der Waals surface area contributed by atoms with Crippen LogP contribution >= 0.6 is 11.8 Å². The van der Waals surface area contributed by atoms with Crippen LogP contribution in [0.5, 0.6) is 0 Å². The summed E-state index contributed by atoms with van der Waals surface area (Å²) in [7, 11) is 0. The van der Waals surface area contributed by atoms with Crippen LogP contribution in [0.4, 0.5) is 4.39 Å². The molecule has 0 bridgehead atoms. The van der Waals surface area contributed by atoms with E-state index in [1.165, 1.54) is 23.9 Å². The highest BCUT2D eigenvalue weighted by Crippen LogP contribution is 2.33. The van der Waals surface area contributed by atoms with Gasteiger partial charge in [-0.15, -0.1) is 0 Å². The Morgan fingerprint density at radius 2 is 1.85 bits per heavy atom. The number of hydrogen-bond donors (Lipinski definition) is 1. The standard InChI is InChI=1S/C22H21FN2OS/c1-15-8-6-11-18(27-17-10-7-9-16(23)14-17)20(15)21(26)25-22(2,3)19-12-4-5-13-24-19/h4-14H,1-3H3,(H,25,26). The molecule has 1 N–H and O–H groups in total. The van der Waals surface area contributed by atoms with Crippen LogP contribution in [0.2, 0.25) is 0 Å². The predicted molar refractivity (Wildman–Crippen MR) is 106 cm³/mol. The molecule has 3 nitrogen and oxygen atoms in total. The molecule has 3 aromatic rings. The lowest BCUT2D eigenvalue weighted by atomic mass is 9.98. The van der Waals surface area contributed by atoms with Gasteiger partial charge in [0.15, 0.2) is 0 Å². The third-order valence-electron chi connectivity index (χ3n) is 4.22. The second-order valence-corrected chi connectivity index (χ2v) is 7.92. The van der Waals surface area contributed by atoms with E-state index < -0.39 is 5.54 Å². The Hall–Kier alpha value is -2.66. The average Bonchev–Trinajstić information content (AvgIpc) is 2.62. The van der Waals surface area contributed by atoms with Crippen LogP contribution in [0.25, 0.3) is 0 Å². The summed E-state index contributed by atoms with van der Waals surface area (Å²) in [6, 6.07) is 17.7. The topological polar surface area (TPSA) is 42.0 Å². The number of halogens is 1. The van der Waals surface area contributed by atoms with Gasteiger partial charge >= 0.3 is 0 Å². The molecule has 0 saturated heterocycles. The van der Waals surface area contributed by atoms with Crippen LogP contribution < -0.4 is 5.32 Å². The van der Waals surface area contributed by atoms with Crippen molar-refractivity contribution in [2.45, 2.75) is 36.1 Å². The summed E-state index contributed by atoms with van der Waals surface area (Å²) in [6.07, 6.45) is 1.71. The quantitative estimate of drug-likeness (QED) is 0.649. The van der Waals surface area contributed by atoms with Gasteiger partial charge in [0.05, 0.1) is 16.8 Å². The monoisotopic (exact) mass is 380 g/mol. The second-order valence-electron chi connectivity index (χ2n) is 6.80. The highest BCUT2D eigenvalue weighted by Gasteiger charge is 2.26. The van der Waals surface area contributed by atoms with E-state index >= 15 is 0 Å². The van der Waals surface area contributed by atoms with E-state index in [9.17, 15) is 9.18 Å². The number of nitrogens with one attached hydrogen (secondary N) is 1. The number of pyridine rings is 1. The Morgan fingerprint density at radius 3 is 2.56 bits per heavy atom. The SMILES string of the molecule is Cc1cccc(Sc2cccc(F)c2)c1C(=O)NC(C)(C)c1ccccn1. The van der Waals surface area contributed by atoms with Gasteiger partial charge in [0.2, 0.25) is 0 Å². The van der Waals surface area contributed by atoms with Crippen molar-refractivity contribution < 1.29 is 9.18 Å². The van der Waals surface area contributed by atoms with Gasteiger partial charge in [0.25, 0.3) is 5.91 Å². The van der Waals surface area contributed by atoms with Crippen molar-refractivity contribution in [3.05, 3.63) is 89.5 Å². The zero-order chi connectivity index (χ0) is 19.4. The van der Waals surface area contributed by atoms with E-state index in [4.69, 9.17) is 0 Å². The Kier molecular flexibility index (Phi) is 5.61. The highest BCUT2D eigenvalue weighted by molar-refractivity contribution is 7.99. The molecule has 0 radical (unpaired) electrons. The number of carbonyl (C=O) groups excluding carboxylic acids is 1. The van der Waals surface area contributed by atoms with Crippen molar-refractivity contribution in [3.63, 3.8) is 0 Å². The molecule has 138 valence electrons. The second kappa shape index (κ2) is 7.92. The molecule has 5 heteroatoms. The van der Waals surface area contributed by atoms with E-state index in [0.717, 1.165) is 21.0 Å². The maximum absolute atomic E-state index is 13.5. The van der Waals surface area contributed by atoms with Crippen molar-refractivity contribution in [3.8, 4) is 0 Å². The zero-order valence-electron chi connectivity index (χ0n) is 15.5. The molecule has 0 aliphatic carbocycles. The number of rotatable bonds is 5. The van der Waals surface area contributed by atoms with Crippen LogP contribution in [-0.4, -0.2) is 10.9 Å². The molecule has 27 heavy (non-hydrogen) atoms. The molecule has 0 aliphatic rings. The molecule has 0 unspecified atom stereocenters. The van der Waals surface area contributed by atoms with E-state index in [1.54, 1.807) is 12.3 Å². The predicted octanol–water partition coefficient (Wildman–Crippen LogP) is 5.35. The number of benzene rings is 2. The fourth-order valence-electron chi connectivity index (χ4n) is 2.82. The Balaban J connectivity index is 1.90. The molecule has 3 rings (SSSR count). The Bertz CT molecular complexity index is 958. The summed E-state index contributed by atoms with van der Waals surface area (Å²) in [4.78, 5) is 19.0. The molecule has 0 atom stereocenters. The van der Waals surface area contributed by atoms with Gasteiger partial charge in [0, 0.05) is 16.0 Å². The number of carbonyl (C=O) groups is 1. The summed E-state index contributed by atoms with van der Waals surface area (Å²) in [6.45, 7) is 5.74. The summed E-state index contributed by atoms with van der Waals surface area (Å²) in [5.74, 6) is -0.474. The van der Waals surface area contributed by atoms with E-state index in [0.29, 0.717) is 5.56 Å². The molecule has 0 saturated carbocycles. The molecule has 2 aromatic carbocycles. The third-order valence-corrected chi connectivity index (χ3v) is 5.27. The number of hydrogen-bond acceptors (Lipinski definition) is 3. The van der Waals surface area contributed by atoms with Gasteiger partial charge in [-0.3, -0.25) is 9.78 Å². The van der Waals surface area contributed by atoms with E-state index in [-0.39, 0.29) is 11.7 Å². The molecule has 0 spiro atoms. The van der Waals surface area contributed by atoms with Crippen LogP contribution in [0, 0.1) is 12.7 Å². The number of nitrogens with zero attached hydrogens (tertiary/aromatic N) is 1. The number of aryl methyl sites for hydroxylation is 1. The van der Waals surface area contributed by atoms with Gasteiger partial charge in [0.1, 0.15) is 5.82 Å². The first kappa shape index (κ1) is 19.1. The largest absolute Gasteiger partial charge is 0.341 e. The molecule has 1 heterocycles. The minimum Gasteiger partial charge on any atom is -0.341 e. The number of aromatic nitrogens is 1. The third kappa shape index (κ3) is 4.55. The fourth-order valence-corrected chi connectivity index (χ4v) is 3.89. The molecular weight excluding hydrogens is 359 g/mol. The average molecular weight is 380 g/mol. The highest BCUT2D eigenvalue weighted by atomic mass is 32.2. The molecular formula is C22H21FN2OS. The summed E-state index contributed by atoms with van der Waals surface area (Å²) >= 11 is 1.38. The van der Waals surface area contributed by atoms with Crippen LogP contribution in [-0.2, 0) is 5.54 Å². The lowest BCUT2D eigenvalue weighted by Crippen LogP contribution is -2.42. The maximum Gasteiger partial charge on any atom is 0.253 e. The maximum atomic E-state index is 13.5. The smallest absolute Gasteiger partial charge is 0.253 e. The van der Waals surface area contributed by atoms with Crippen LogP contribution in [0.1, 0.15) is 35.5 Å². The van der Waals surface area contributed by atoms with Crippen molar-refractivity contribution in [1.82, 2.24) is 10.3 Å². The summed E-state index contributed by atoms with van der Waals surface area (Å²) in [5.41, 5.74) is 1.62. The Morgan fingerprint density at radius 1 is 1.07 bits per heavy atom. The first-order valence-electron chi connectivity index (χ1n) is 8.64. The first-order chi connectivity index (χ1) is 12.9. The van der Waals surface area contributed by atoms with Gasteiger partial charge in [-0.25, -0.2) is 4.39 Å². The van der Waals surface area contributed by atoms with Gasteiger partial charge < -0.3 is 5.32 Å². The summed E-state index contributed by atoms with van der Waals surface area (Å²) in [5, 5.41) is 3.08. The van der Waals surface area contributed by atoms with Crippen LogP contribution in [0.15, 0.2) is 76.7 Å². The van der Waals surface area contributed by atoms with Crippen molar-refractivity contribution in [2.24, 2.45) is 0 Å². The van der Waals surface area contributed by atoms with Crippen molar-refractivity contribution >= 4 is 17.7 Å². The zero-order valence-corrected chi connectivity index (χ0v) is 16.3. The fraction of sp³-hybridized carbons (Fsp3) is 0.182. The minimum absolute atomic E-state index is 0.178. The van der Waals surface area contributed by atoms with Gasteiger partial charge in [-0.1, -0.05) is 36.0 Å². The first-order valence-corrected chi connectivity index (χ1v) is 9.45. The molecule has 0 aliphatic heterocycles. The molecule has 0 fully saturated rings.